The van der Waals surface area contributed by atoms with Gasteiger partial charge < -0.3 is 4.74 Å². The van der Waals surface area contributed by atoms with Crippen molar-refractivity contribution in [2.24, 2.45) is 0 Å². The molecule has 0 saturated heterocycles. The molecule has 1 aromatic carbocycles. The second kappa shape index (κ2) is 4.80. The van der Waals surface area contributed by atoms with Crippen LogP contribution in [-0.4, -0.2) is 9.91 Å². The van der Waals surface area contributed by atoms with Crippen molar-refractivity contribution in [3.8, 4) is 11.5 Å². The molecule has 0 unspecified atom stereocenters. The topological polar surface area (TPSA) is 65.3 Å². The number of rotatable bonds is 3. The number of halogens is 1. The highest BCUT2D eigenvalue weighted by Crippen LogP contribution is 2.25. The molecule has 1 aromatic heterocycles. The summed E-state index contributed by atoms with van der Waals surface area (Å²) in [6.45, 7) is 0. The standard InChI is InChI=1S/C11H7ClN2O3/c12-8-4-11(7-13-6-8)17-10-3-1-2-9(5-10)14(15)16/h1-7H. The normalized spacial score (nSPS) is 9.94. The molecule has 0 aliphatic carbocycles. The number of non-ortho nitro benzene ring substituents is 1. The van der Waals surface area contributed by atoms with Gasteiger partial charge in [-0.15, -0.1) is 0 Å². The van der Waals surface area contributed by atoms with Gasteiger partial charge in [0.25, 0.3) is 5.69 Å². The van der Waals surface area contributed by atoms with E-state index < -0.39 is 4.92 Å². The zero-order chi connectivity index (χ0) is 12.3. The van der Waals surface area contributed by atoms with Crippen molar-refractivity contribution in [2.75, 3.05) is 0 Å². The maximum absolute atomic E-state index is 10.6. The summed E-state index contributed by atoms with van der Waals surface area (Å²) < 4.78 is 5.40. The van der Waals surface area contributed by atoms with Crippen LogP contribution in [0.4, 0.5) is 5.69 Å². The zero-order valence-electron chi connectivity index (χ0n) is 8.54. The third-order valence-electron chi connectivity index (χ3n) is 1.94. The zero-order valence-corrected chi connectivity index (χ0v) is 9.29. The first kappa shape index (κ1) is 11.3. The van der Waals surface area contributed by atoms with Gasteiger partial charge in [-0.3, -0.25) is 15.1 Å². The Morgan fingerprint density at radius 1 is 1.24 bits per heavy atom. The molecule has 0 atom stereocenters. The van der Waals surface area contributed by atoms with E-state index in [1.165, 1.54) is 24.5 Å². The van der Waals surface area contributed by atoms with Gasteiger partial charge in [-0.25, -0.2) is 0 Å². The molecule has 0 amide bonds. The lowest BCUT2D eigenvalue weighted by atomic mass is 10.3. The van der Waals surface area contributed by atoms with Gasteiger partial charge in [-0.05, 0) is 6.07 Å². The Hall–Kier alpha value is -2.14. The lowest BCUT2D eigenvalue weighted by molar-refractivity contribution is -0.384. The predicted octanol–water partition coefficient (Wildman–Crippen LogP) is 3.44. The number of ether oxygens (including phenoxy) is 1. The molecule has 2 rings (SSSR count). The van der Waals surface area contributed by atoms with E-state index in [0.29, 0.717) is 16.5 Å². The van der Waals surface area contributed by atoms with E-state index in [1.807, 2.05) is 0 Å². The van der Waals surface area contributed by atoms with Crippen molar-refractivity contribution in [1.82, 2.24) is 4.98 Å². The average molecular weight is 251 g/mol. The molecule has 0 aliphatic heterocycles. The summed E-state index contributed by atoms with van der Waals surface area (Å²) in [6, 6.07) is 7.47. The highest BCUT2D eigenvalue weighted by molar-refractivity contribution is 6.30. The van der Waals surface area contributed by atoms with Crippen LogP contribution in [-0.2, 0) is 0 Å². The quantitative estimate of drug-likeness (QED) is 0.618. The minimum absolute atomic E-state index is 0.0301. The minimum Gasteiger partial charge on any atom is -0.455 e. The number of hydrogen-bond acceptors (Lipinski definition) is 4. The van der Waals surface area contributed by atoms with Crippen LogP contribution in [0.5, 0.6) is 11.5 Å². The van der Waals surface area contributed by atoms with Crippen molar-refractivity contribution < 1.29 is 9.66 Å². The fraction of sp³-hybridized carbons (Fsp3) is 0. The third-order valence-corrected chi connectivity index (χ3v) is 2.15. The van der Waals surface area contributed by atoms with Crippen LogP contribution in [0, 0.1) is 10.1 Å². The monoisotopic (exact) mass is 250 g/mol. The number of hydrogen-bond donors (Lipinski definition) is 0. The molecule has 0 N–H and O–H groups in total. The summed E-state index contributed by atoms with van der Waals surface area (Å²) in [5, 5.41) is 11.0. The second-order valence-electron chi connectivity index (χ2n) is 3.20. The minimum atomic E-state index is -0.483. The maximum atomic E-state index is 10.6. The largest absolute Gasteiger partial charge is 0.455 e. The van der Waals surface area contributed by atoms with Crippen LogP contribution in [0.3, 0.4) is 0 Å². The van der Waals surface area contributed by atoms with Crippen LogP contribution in [0.2, 0.25) is 5.02 Å². The molecule has 5 nitrogen and oxygen atoms in total. The summed E-state index contributed by atoms with van der Waals surface area (Å²) in [5.74, 6) is 0.793. The molecule has 0 spiro atoms. The summed E-state index contributed by atoms with van der Waals surface area (Å²) in [4.78, 5) is 13.9. The maximum Gasteiger partial charge on any atom is 0.273 e. The van der Waals surface area contributed by atoms with Crippen molar-refractivity contribution in [1.29, 1.82) is 0 Å². The Morgan fingerprint density at radius 3 is 2.76 bits per heavy atom. The van der Waals surface area contributed by atoms with E-state index in [9.17, 15) is 10.1 Å². The molecular formula is C11H7ClN2O3. The lowest BCUT2D eigenvalue weighted by Gasteiger charge is -2.04. The Bertz CT molecular complexity index is 560. The molecule has 0 fully saturated rings. The van der Waals surface area contributed by atoms with E-state index in [-0.39, 0.29) is 5.69 Å². The van der Waals surface area contributed by atoms with Gasteiger partial charge in [0.1, 0.15) is 11.5 Å². The second-order valence-corrected chi connectivity index (χ2v) is 3.63. The molecule has 86 valence electrons. The Morgan fingerprint density at radius 2 is 2.06 bits per heavy atom. The van der Waals surface area contributed by atoms with Crippen molar-refractivity contribution in [2.45, 2.75) is 0 Å². The summed E-state index contributed by atoms with van der Waals surface area (Å²) in [5.41, 5.74) is -0.0301. The van der Waals surface area contributed by atoms with Crippen LogP contribution in [0.25, 0.3) is 0 Å². The smallest absolute Gasteiger partial charge is 0.273 e. The molecule has 0 radical (unpaired) electrons. The predicted molar refractivity (Wildman–Crippen MR) is 62.4 cm³/mol. The number of nitrogens with zero attached hydrogens (tertiary/aromatic N) is 2. The fourth-order valence-electron chi connectivity index (χ4n) is 1.24. The molecule has 0 aliphatic rings. The third kappa shape index (κ3) is 2.92. The first-order chi connectivity index (χ1) is 8.15. The van der Waals surface area contributed by atoms with Crippen molar-refractivity contribution in [3.63, 3.8) is 0 Å². The Kier molecular flexibility index (Phi) is 3.20. The Labute approximate surface area is 102 Å². The molecule has 17 heavy (non-hydrogen) atoms. The number of aromatic nitrogens is 1. The van der Waals surface area contributed by atoms with Gasteiger partial charge in [0.15, 0.2) is 0 Å². The van der Waals surface area contributed by atoms with Crippen LogP contribution >= 0.6 is 11.6 Å². The summed E-state index contributed by atoms with van der Waals surface area (Å²) in [6.07, 6.45) is 2.95. The molecule has 0 bridgehead atoms. The molecule has 1 heterocycles. The molecular weight excluding hydrogens is 244 g/mol. The van der Waals surface area contributed by atoms with Gasteiger partial charge >= 0.3 is 0 Å². The number of pyridine rings is 1. The van der Waals surface area contributed by atoms with E-state index in [4.69, 9.17) is 16.3 Å². The van der Waals surface area contributed by atoms with Crippen LogP contribution in [0.15, 0.2) is 42.7 Å². The van der Waals surface area contributed by atoms with Gasteiger partial charge in [-0.1, -0.05) is 17.7 Å². The Balaban J connectivity index is 2.24. The van der Waals surface area contributed by atoms with E-state index in [2.05, 4.69) is 4.98 Å². The average Bonchev–Trinajstić information content (AvgIpc) is 2.29. The number of benzene rings is 1. The fourth-order valence-corrected chi connectivity index (χ4v) is 1.41. The molecule has 0 saturated carbocycles. The van der Waals surface area contributed by atoms with Crippen molar-refractivity contribution in [3.05, 3.63) is 57.9 Å². The van der Waals surface area contributed by atoms with Crippen molar-refractivity contribution >= 4 is 17.3 Å². The van der Waals surface area contributed by atoms with Crippen LogP contribution in [0.1, 0.15) is 0 Å². The molecule has 6 heteroatoms. The van der Waals surface area contributed by atoms with Gasteiger partial charge in [-0.2, -0.15) is 0 Å². The summed E-state index contributed by atoms with van der Waals surface area (Å²) in [7, 11) is 0. The van der Waals surface area contributed by atoms with E-state index in [0.717, 1.165) is 0 Å². The first-order valence-corrected chi connectivity index (χ1v) is 5.06. The number of nitro benzene ring substituents is 1. The van der Waals surface area contributed by atoms with Gasteiger partial charge in [0.2, 0.25) is 0 Å². The van der Waals surface area contributed by atoms with Gasteiger partial charge in [0.05, 0.1) is 22.2 Å². The van der Waals surface area contributed by atoms with Crippen LogP contribution < -0.4 is 4.74 Å². The summed E-state index contributed by atoms with van der Waals surface area (Å²) >= 11 is 5.74. The number of nitro groups is 1. The highest BCUT2D eigenvalue weighted by Gasteiger charge is 2.07. The van der Waals surface area contributed by atoms with E-state index in [1.54, 1.807) is 18.2 Å². The molecule has 2 aromatic rings. The highest BCUT2D eigenvalue weighted by atomic mass is 35.5. The van der Waals surface area contributed by atoms with Gasteiger partial charge in [0, 0.05) is 18.3 Å². The lowest BCUT2D eigenvalue weighted by Crippen LogP contribution is -1.89. The van der Waals surface area contributed by atoms with E-state index >= 15 is 0 Å². The first-order valence-electron chi connectivity index (χ1n) is 4.68. The SMILES string of the molecule is O=[N+]([O-])c1cccc(Oc2cncc(Cl)c2)c1.